The lowest BCUT2D eigenvalue weighted by atomic mass is 10.0. The minimum atomic E-state index is -0.284. The van der Waals surface area contributed by atoms with Gasteiger partial charge in [-0.3, -0.25) is 4.79 Å². The summed E-state index contributed by atoms with van der Waals surface area (Å²) in [5, 5.41) is 7.06. The molecule has 1 N–H and O–H groups in total. The average molecular weight is 338 g/mol. The summed E-state index contributed by atoms with van der Waals surface area (Å²) in [6.07, 6.45) is 5.68. The molecule has 2 aromatic heterocycles. The Hall–Kier alpha value is -3.02. The van der Waals surface area contributed by atoms with Crippen molar-refractivity contribution in [2.75, 3.05) is 0 Å². The van der Waals surface area contributed by atoms with Crippen LogP contribution in [0.4, 0.5) is 4.39 Å². The van der Waals surface area contributed by atoms with Gasteiger partial charge in [-0.15, -0.1) is 0 Å². The molecule has 0 aliphatic rings. The summed E-state index contributed by atoms with van der Waals surface area (Å²) in [7, 11) is 0. The first kappa shape index (κ1) is 16.8. The number of amides is 1. The number of hydrogen-bond acceptors (Lipinski definition) is 3. The molecule has 3 rings (SSSR count). The molecule has 2 heterocycles. The first-order valence-electron chi connectivity index (χ1n) is 8.09. The van der Waals surface area contributed by atoms with Crippen LogP contribution in [0.3, 0.4) is 0 Å². The zero-order chi connectivity index (χ0) is 17.6. The highest BCUT2D eigenvalue weighted by Crippen LogP contribution is 2.11. The maximum Gasteiger partial charge on any atom is 0.223 e. The molecule has 1 atom stereocenters. The van der Waals surface area contributed by atoms with Crippen LogP contribution in [0.25, 0.3) is 5.82 Å². The third-order valence-corrected chi connectivity index (χ3v) is 3.89. The number of nitrogens with one attached hydrogen (secondary N) is 1. The summed E-state index contributed by atoms with van der Waals surface area (Å²) in [4.78, 5) is 16.5. The molecule has 0 saturated carbocycles. The molecule has 1 amide bonds. The Morgan fingerprint density at radius 3 is 2.84 bits per heavy atom. The minimum Gasteiger partial charge on any atom is -0.352 e. The van der Waals surface area contributed by atoms with Gasteiger partial charge in [0.1, 0.15) is 5.82 Å². The van der Waals surface area contributed by atoms with E-state index in [4.69, 9.17) is 0 Å². The van der Waals surface area contributed by atoms with Crippen molar-refractivity contribution in [3.8, 4) is 5.82 Å². The third kappa shape index (κ3) is 4.50. The fraction of sp³-hybridized carbons (Fsp3) is 0.211. The minimum absolute atomic E-state index is 0.0679. The maximum atomic E-state index is 13.2. The van der Waals surface area contributed by atoms with Crippen LogP contribution < -0.4 is 5.32 Å². The molecule has 6 heteroatoms. The molecule has 0 bridgehead atoms. The van der Waals surface area contributed by atoms with E-state index in [1.807, 2.05) is 37.4 Å². The maximum absolute atomic E-state index is 13.2. The fourth-order valence-electron chi connectivity index (χ4n) is 2.57. The summed E-state index contributed by atoms with van der Waals surface area (Å²) in [5.41, 5.74) is 1.75. The Kier molecular flexibility index (Phi) is 5.18. The molecule has 1 aromatic carbocycles. The predicted octanol–water partition coefficient (Wildman–Crippen LogP) is 2.90. The molecule has 0 radical (unpaired) electrons. The number of aromatic nitrogens is 3. The topological polar surface area (TPSA) is 59.8 Å². The van der Waals surface area contributed by atoms with E-state index in [0.717, 1.165) is 11.1 Å². The third-order valence-electron chi connectivity index (χ3n) is 3.89. The second-order valence-corrected chi connectivity index (χ2v) is 5.93. The van der Waals surface area contributed by atoms with Gasteiger partial charge in [-0.2, -0.15) is 5.10 Å². The second-order valence-electron chi connectivity index (χ2n) is 5.93. The molecular weight excluding hydrogens is 319 g/mol. The lowest BCUT2D eigenvalue weighted by Crippen LogP contribution is -2.30. The van der Waals surface area contributed by atoms with E-state index in [2.05, 4.69) is 15.4 Å². The number of hydrogen-bond donors (Lipinski definition) is 1. The van der Waals surface area contributed by atoms with E-state index in [1.54, 1.807) is 23.1 Å². The summed E-state index contributed by atoms with van der Waals surface area (Å²) >= 11 is 0. The molecule has 25 heavy (non-hydrogen) atoms. The molecule has 0 fully saturated rings. The number of benzene rings is 1. The first-order valence-corrected chi connectivity index (χ1v) is 8.09. The van der Waals surface area contributed by atoms with E-state index in [1.165, 1.54) is 12.1 Å². The first-order chi connectivity index (χ1) is 12.1. The summed E-state index contributed by atoms with van der Waals surface area (Å²) in [5.74, 6) is 0.105. The lowest BCUT2D eigenvalue weighted by molar-refractivity contribution is -0.124. The van der Waals surface area contributed by atoms with E-state index >= 15 is 0 Å². The van der Waals surface area contributed by atoms with Crippen LogP contribution >= 0.6 is 0 Å². The Labute approximate surface area is 145 Å². The van der Waals surface area contributed by atoms with Crippen LogP contribution in [0.1, 0.15) is 18.1 Å². The molecule has 1 unspecified atom stereocenters. The van der Waals surface area contributed by atoms with Crippen LogP contribution in [-0.2, 0) is 17.8 Å². The average Bonchev–Trinajstić information content (AvgIpc) is 3.14. The number of pyridine rings is 1. The van der Waals surface area contributed by atoms with Gasteiger partial charge in [-0.05, 0) is 47.9 Å². The zero-order valence-electron chi connectivity index (χ0n) is 13.9. The van der Waals surface area contributed by atoms with Crippen LogP contribution in [0.15, 0.2) is 61.1 Å². The van der Waals surface area contributed by atoms with Crippen molar-refractivity contribution in [1.82, 2.24) is 20.1 Å². The molecule has 0 aliphatic heterocycles. The van der Waals surface area contributed by atoms with Gasteiger partial charge in [0.2, 0.25) is 5.91 Å². The highest BCUT2D eigenvalue weighted by molar-refractivity contribution is 5.78. The highest BCUT2D eigenvalue weighted by atomic mass is 19.1. The number of carbonyl (C=O) groups is 1. The van der Waals surface area contributed by atoms with E-state index < -0.39 is 0 Å². The van der Waals surface area contributed by atoms with Gasteiger partial charge in [-0.25, -0.2) is 14.1 Å². The molecule has 5 nitrogen and oxygen atoms in total. The normalized spacial score (nSPS) is 11.9. The molecule has 3 aromatic rings. The second kappa shape index (κ2) is 7.70. The monoisotopic (exact) mass is 338 g/mol. The Morgan fingerprint density at radius 1 is 1.20 bits per heavy atom. The van der Waals surface area contributed by atoms with Crippen molar-refractivity contribution in [1.29, 1.82) is 0 Å². The van der Waals surface area contributed by atoms with E-state index in [-0.39, 0.29) is 17.6 Å². The SMILES string of the molecule is CC(Cc1cccc(F)c1)C(=O)NCc1ccnc(-n2cccn2)c1. The van der Waals surface area contributed by atoms with Crippen molar-refractivity contribution in [2.24, 2.45) is 5.92 Å². The number of halogens is 1. The van der Waals surface area contributed by atoms with Crippen LogP contribution in [0.5, 0.6) is 0 Å². The number of carbonyl (C=O) groups excluding carboxylic acids is 1. The van der Waals surface area contributed by atoms with Crippen molar-refractivity contribution in [2.45, 2.75) is 19.9 Å². The molecule has 0 aliphatic carbocycles. The smallest absolute Gasteiger partial charge is 0.223 e. The Morgan fingerprint density at radius 2 is 2.08 bits per heavy atom. The van der Waals surface area contributed by atoms with Gasteiger partial charge in [0.05, 0.1) is 0 Å². The Balaban J connectivity index is 1.57. The van der Waals surface area contributed by atoms with Gasteiger partial charge in [0, 0.05) is 31.1 Å². The van der Waals surface area contributed by atoms with Crippen LogP contribution in [-0.4, -0.2) is 20.7 Å². The van der Waals surface area contributed by atoms with Crippen molar-refractivity contribution >= 4 is 5.91 Å². The highest BCUT2D eigenvalue weighted by Gasteiger charge is 2.13. The Bertz CT molecular complexity index is 848. The van der Waals surface area contributed by atoms with Crippen molar-refractivity contribution in [3.05, 3.63) is 78.0 Å². The summed E-state index contributed by atoms with van der Waals surface area (Å²) < 4.78 is 14.9. The molecule has 0 saturated heterocycles. The van der Waals surface area contributed by atoms with Crippen LogP contribution in [0.2, 0.25) is 0 Å². The van der Waals surface area contributed by atoms with Gasteiger partial charge in [-0.1, -0.05) is 19.1 Å². The van der Waals surface area contributed by atoms with Crippen LogP contribution in [0, 0.1) is 11.7 Å². The van der Waals surface area contributed by atoms with E-state index in [0.29, 0.717) is 18.8 Å². The van der Waals surface area contributed by atoms with Gasteiger partial charge >= 0.3 is 0 Å². The molecular formula is C19H19FN4O. The standard InChI is InChI=1S/C19H19FN4O/c1-14(10-15-4-2-5-17(20)11-15)19(25)22-13-16-6-8-21-18(12-16)24-9-3-7-23-24/h2-9,11-12,14H,10,13H2,1H3,(H,22,25). The number of nitrogens with zero attached hydrogens (tertiary/aromatic N) is 3. The molecule has 0 spiro atoms. The van der Waals surface area contributed by atoms with Crippen molar-refractivity contribution in [3.63, 3.8) is 0 Å². The van der Waals surface area contributed by atoms with E-state index in [9.17, 15) is 9.18 Å². The fourth-order valence-corrected chi connectivity index (χ4v) is 2.57. The quantitative estimate of drug-likeness (QED) is 0.752. The lowest BCUT2D eigenvalue weighted by Gasteiger charge is -2.13. The largest absolute Gasteiger partial charge is 0.352 e. The zero-order valence-corrected chi connectivity index (χ0v) is 13.9. The number of rotatable bonds is 6. The van der Waals surface area contributed by atoms with Crippen molar-refractivity contribution < 1.29 is 9.18 Å². The molecule has 128 valence electrons. The van der Waals surface area contributed by atoms with Gasteiger partial charge in [0.25, 0.3) is 0 Å². The summed E-state index contributed by atoms with van der Waals surface area (Å²) in [6.45, 7) is 2.24. The van der Waals surface area contributed by atoms with Gasteiger partial charge < -0.3 is 5.32 Å². The summed E-state index contributed by atoms with van der Waals surface area (Å²) in [6, 6.07) is 11.9. The van der Waals surface area contributed by atoms with Gasteiger partial charge in [0.15, 0.2) is 5.82 Å². The predicted molar refractivity (Wildman–Crippen MR) is 92.5 cm³/mol.